The number of anilines is 1. The van der Waals surface area contributed by atoms with Gasteiger partial charge in [0.2, 0.25) is 0 Å². The van der Waals surface area contributed by atoms with E-state index in [2.05, 4.69) is 19.9 Å². The van der Waals surface area contributed by atoms with E-state index in [1.54, 1.807) is 0 Å². The number of nitrogens with two attached hydrogens (primary N) is 1. The molecule has 0 amide bonds. The summed E-state index contributed by atoms with van der Waals surface area (Å²) in [6, 6.07) is 5.90. The molecule has 2 rings (SSSR count). The first-order valence-corrected chi connectivity index (χ1v) is 4.94. The van der Waals surface area contributed by atoms with Gasteiger partial charge >= 0.3 is 0 Å². The Morgan fingerprint density at radius 1 is 1.46 bits per heavy atom. The van der Waals surface area contributed by atoms with E-state index in [0.717, 1.165) is 5.69 Å². The maximum Gasteiger partial charge on any atom is 0.0638 e. The van der Waals surface area contributed by atoms with Gasteiger partial charge in [0.05, 0.1) is 10.7 Å². The number of rotatable bonds is 1. The highest BCUT2D eigenvalue weighted by Gasteiger charge is 2.47. The third-order valence-corrected chi connectivity index (χ3v) is 3.31. The average Bonchev–Trinajstić information content (AvgIpc) is 2.66. The van der Waals surface area contributed by atoms with Gasteiger partial charge in [0, 0.05) is 0 Å². The van der Waals surface area contributed by atoms with Gasteiger partial charge < -0.3 is 5.73 Å². The fraction of sp³-hybridized carbons (Fsp3) is 0.455. The predicted molar refractivity (Wildman–Crippen MR) is 57.0 cm³/mol. The summed E-state index contributed by atoms with van der Waals surface area (Å²) in [5.74, 6) is 0.603. The molecule has 1 aliphatic rings. The Morgan fingerprint density at radius 3 is 2.62 bits per heavy atom. The van der Waals surface area contributed by atoms with Crippen LogP contribution in [0, 0.1) is 5.41 Å². The van der Waals surface area contributed by atoms with Crippen molar-refractivity contribution in [3.8, 4) is 0 Å². The van der Waals surface area contributed by atoms with Gasteiger partial charge in [-0.3, -0.25) is 0 Å². The second-order valence-electron chi connectivity index (χ2n) is 4.49. The van der Waals surface area contributed by atoms with Gasteiger partial charge in [-0.2, -0.15) is 0 Å². The molecule has 1 aromatic carbocycles. The second-order valence-corrected chi connectivity index (χ2v) is 4.90. The lowest BCUT2D eigenvalue weighted by molar-refractivity contribution is 0.622. The molecule has 0 bridgehead atoms. The molecular formula is C11H14ClN. The van der Waals surface area contributed by atoms with Crippen LogP contribution in [0.3, 0.4) is 0 Å². The fourth-order valence-electron chi connectivity index (χ4n) is 1.86. The van der Waals surface area contributed by atoms with Crippen molar-refractivity contribution in [2.45, 2.75) is 26.2 Å². The molecule has 2 N–H and O–H groups in total. The summed E-state index contributed by atoms with van der Waals surface area (Å²) in [6.07, 6.45) is 1.22. The Bertz CT molecular complexity index is 344. The summed E-state index contributed by atoms with van der Waals surface area (Å²) in [5.41, 5.74) is 8.31. The Labute approximate surface area is 83.9 Å². The minimum Gasteiger partial charge on any atom is -0.397 e. The first kappa shape index (κ1) is 8.89. The van der Waals surface area contributed by atoms with Crippen LogP contribution < -0.4 is 5.73 Å². The highest BCUT2D eigenvalue weighted by molar-refractivity contribution is 6.33. The minimum atomic E-state index is 0.415. The topological polar surface area (TPSA) is 26.0 Å². The Kier molecular flexibility index (Phi) is 1.81. The standard InChI is InChI=1S/C11H14ClN/c1-11(2)6-8(11)7-4-3-5-9(12)10(7)13/h3-5,8H,6,13H2,1-2H3. The lowest BCUT2D eigenvalue weighted by Gasteiger charge is -2.08. The van der Waals surface area contributed by atoms with Crippen molar-refractivity contribution in [3.63, 3.8) is 0 Å². The van der Waals surface area contributed by atoms with Crippen molar-refractivity contribution < 1.29 is 0 Å². The van der Waals surface area contributed by atoms with E-state index in [1.165, 1.54) is 12.0 Å². The van der Waals surface area contributed by atoms with E-state index in [0.29, 0.717) is 16.4 Å². The van der Waals surface area contributed by atoms with Crippen LogP contribution >= 0.6 is 11.6 Å². The summed E-state index contributed by atoms with van der Waals surface area (Å²) in [6.45, 7) is 4.52. The molecule has 0 spiro atoms. The number of para-hydroxylation sites is 1. The first-order chi connectivity index (χ1) is 6.02. The quantitative estimate of drug-likeness (QED) is 0.683. The third kappa shape index (κ3) is 1.42. The maximum absolute atomic E-state index is 5.95. The largest absolute Gasteiger partial charge is 0.397 e. The van der Waals surface area contributed by atoms with Gasteiger partial charge in [-0.05, 0) is 29.4 Å². The van der Waals surface area contributed by atoms with Crippen LogP contribution in [-0.4, -0.2) is 0 Å². The highest BCUT2D eigenvalue weighted by atomic mass is 35.5. The summed E-state index contributed by atoms with van der Waals surface area (Å²) in [5, 5.41) is 0.681. The molecule has 1 saturated carbocycles. The van der Waals surface area contributed by atoms with Crippen molar-refractivity contribution in [2.75, 3.05) is 5.73 Å². The predicted octanol–water partition coefficient (Wildman–Crippen LogP) is 3.44. The van der Waals surface area contributed by atoms with Crippen molar-refractivity contribution in [1.82, 2.24) is 0 Å². The van der Waals surface area contributed by atoms with Crippen molar-refractivity contribution in [2.24, 2.45) is 5.41 Å². The maximum atomic E-state index is 5.95. The molecule has 0 aliphatic heterocycles. The molecule has 1 aliphatic carbocycles. The average molecular weight is 196 g/mol. The molecule has 1 aromatic rings. The van der Waals surface area contributed by atoms with Crippen LogP contribution in [0.15, 0.2) is 18.2 Å². The molecule has 0 heterocycles. The molecule has 1 nitrogen and oxygen atoms in total. The van der Waals surface area contributed by atoms with E-state index >= 15 is 0 Å². The summed E-state index contributed by atoms with van der Waals surface area (Å²) >= 11 is 5.95. The summed E-state index contributed by atoms with van der Waals surface area (Å²) in [4.78, 5) is 0. The Balaban J connectivity index is 2.38. The minimum absolute atomic E-state index is 0.415. The lowest BCUT2D eigenvalue weighted by atomic mass is 10.0. The van der Waals surface area contributed by atoms with Crippen LogP contribution in [0.2, 0.25) is 5.02 Å². The van der Waals surface area contributed by atoms with E-state index in [1.807, 2.05) is 12.1 Å². The van der Waals surface area contributed by atoms with E-state index in [4.69, 9.17) is 17.3 Å². The van der Waals surface area contributed by atoms with Gasteiger partial charge in [0.25, 0.3) is 0 Å². The van der Waals surface area contributed by atoms with Crippen LogP contribution in [-0.2, 0) is 0 Å². The fourth-order valence-corrected chi connectivity index (χ4v) is 2.04. The van der Waals surface area contributed by atoms with Gasteiger partial charge in [-0.15, -0.1) is 0 Å². The third-order valence-electron chi connectivity index (χ3n) is 2.98. The Hall–Kier alpha value is -0.690. The van der Waals surface area contributed by atoms with Crippen LogP contribution in [0.5, 0.6) is 0 Å². The molecule has 0 radical (unpaired) electrons. The first-order valence-electron chi connectivity index (χ1n) is 4.56. The highest BCUT2D eigenvalue weighted by Crippen LogP contribution is 2.60. The van der Waals surface area contributed by atoms with Crippen molar-refractivity contribution in [1.29, 1.82) is 0 Å². The van der Waals surface area contributed by atoms with E-state index < -0.39 is 0 Å². The van der Waals surface area contributed by atoms with Gasteiger partial charge in [0.15, 0.2) is 0 Å². The smallest absolute Gasteiger partial charge is 0.0638 e. The molecular weight excluding hydrogens is 182 g/mol. The molecule has 1 fully saturated rings. The second kappa shape index (κ2) is 2.65. The van der Waals surface area contributed by atoms with Crippen molar-refractivity contribution >= 4 is 17.3 Å². The SMILES string of the molecule is CC1(C)CC1c1cccc(Cl)c1N. The van der Waals surface area contributed by atoms with Crippen molar-refractivity contribution in [3.05, 3.63) is 28.8 Å². The lowest BCUT2D eigenvalue weighted by Crippen LogP contribution is -1.96. The number of hydrogen-bond acceptors (Lipinski definition) is 1. The van der Waals surface area contributed by atoms with Crippen LogP contribution in [0.25, 0.3) is 0 Å². The molecule has 1 atom stereocenters. The number of hydrogen-bond donors (Lipinski definition) is 1. The molecule has 13 heavy (non-hydrogen) atoms. The number of benzene rings is 1. The zero-order chi connectivity index (χ0) is 9.64. The molecule has 70 valence electrons. The molecule has 0 saturated heterocycles. The monoisotopic (exact) mass is 195 g/mol. The Morgan fingerprint density at radius 2 is 2.08 bits per heavy atom. The van der Waals surface area contributed by atoms with E-state index in [9.17, 15) is 0 Å². The zero-order valence-corrected chi connectivity index (χ0v) is 8.73. The number of nitrogen functional groups attached to an aromatic ring is 1. The van der Waals surface area contributed by atoms with Gasteiger partial charge in [0.1, 0.15) is 0 Å². The zero-order valence-electron chi connectivity index (χ0n) is 7.97. The summed E-state index contributed by atoms with van der Waals surface area (Å²) in [7, 11) is 0. The number of halogens is 1. The molecule has 1 unspecified atom stereocenters. The van der Waals surface area contributed by atoms with Gasteiger partial charge in [-0.25, -0.2) is 0 Å². The van der Waals surface area contributed by atoms with E-state index in [-0.39, 0.29) is 0 Å². The van der Waals surface area contributed by atoms with Crippen LogP contribution in [0.4, 0.5) is 5.69 Å². The van der Waals surface area contributed by atoms with Gasteiger partial charge in [-0.1, -0.05) is 37.6 Å². The summed E-state index contributed by atoms with van der Waals surface area (Å²) < 4.78 is 0. The normalized spacial score (nSPS) is 24.4. The molecule has 0 aromatic heterocycles. The van der Waals surface area contributed by atoms with Crippen LogP contribution in [0.1, 0.15) is 31.7 Å². The molecule has 2 heteroatoms.